The van der Waals surface area contributed by atoms with Gasteiger partial charge in [-0.05, 0) is 205 Å². The Morgan fingerprint density at radius 2 is 0.763 bits per heavy atom. The number of amides is 5. The van der Waals surface area contributed by atoms with Gasteiger partial charge in [-0.3, -0.25) is 48.1 Å². The molecule has 4 aliphatic heterocycles. The molecule has 0 aliphatic carbocycles. The van der Waals surface area contributed by atoms with Gasteiger partial charge in [0.05, 0.1) is 85.1 Å². The fraction of sp³-hybridized carbons (Fsp3) is 0.324. The molecule has 4 saturated heterocycles. The van der Waals surface area contributed by atoms with Gasteiger partial charge in [0.15, 0.2) is 23.1 Å². The van der Waals surface area contributed by atoms with E-state index in [1.165, 1.54) is 110 Å². The van der Waals surface area contributed by atoms with Crippen molar-refractivity contribution >= 4 is 87.2 Å². The molecule has 10 aromatic rings. The number of hydrogen-bond acceptors (Lipinski definition) is 22. The second-order valence-electron chi connectivity index (χ2n) is 31.9. The second kappa shape index (κ2) is 53.9. The largest absolute Gasteiger partial charge is 0.497 e. The fourth-order valence-electron chi connectivity index (χ4n) is 15.1. The van der Waals surface area contributed by atoms with Crippen molar-refractivity contribution in [2.75, 3.05) is 193 Å². The molecule has 712 valence electrons. The molecule has 28 nitrogen and oxygen atoms in total. The van der Waals surface area contributed by atoms with Gasteiger partial charge in [-0.2, -0.15) is 0 Å². The number of pyridine rings is 1. The number of methoxy groups -OCH3 is 3. The van der Waals surface area contributed by atoms with Gasteiger partial charge >= 0.3 is 5.97 Å². The van der Waals surface area contributed by atoms with E-state index < -0.39 is 64.6 Å². The highest BCUT2D eigenvalue weighted by Crippen LogP contribution is 2.30. The summed E-state index contributed by atoms with van der Waals surface area (Å²) >= 11 is 0. The third kappa shape index (κ3) is 31.8. The van der Waals surface area contributed by atoms with Gasteiger partial charge < -0.3 is 80.5 Å². The van der Waals surface area contributed by atoms with E-state index in [9.17, 15) is 69.9 Å². The van der Waals surface area contributed by atoms with Crippen LogP contribution in [0.4, 0.5) is 50.5 Å². The van der Waals surface area contributed by atoms with E-state index in [4.69, 9.17) is 24.1 Å². The molecule has 0 spiro atoms. The number of carboxylic acid groups (broad SMARTS) is 1. The highest BCUT2D eigenvalue weighted by molar-refractivity contribution is 6.14. The first-order valence-corrected chi connectivity index (χ1v) is 44.6. The topological polar surface area (TPSA) is 332 Å². The van der Waals surface area contributed by atoms with Crippen LogP contribution in [0, 0.1) is 29.1 Å². The number of carbonyl (C=O) groups excluding carboxylic acids is 9. The molecular formula is C102H114F5N13O15. The van der Waals surface area contributed by atoms with Gasteiger partial charge in [-0.1, -0.05) is 66.7 Å². The smallest absolute Gasteiger partial charge is 0.339 e. The van der Waals surface area contributed by atoms with Crippen LogP contribution in [0.25, 0.3) is 0 Å². The van der Waals surface area contributed by atoms with Crippen molar-refractivity contribution < 1.29 is 94.0 Å². The molecule has 5 amide bonds. The summed E-state index contributed by atoms with van der Waals surface area (Å²) in [5.41, 5.74) is 2.13. The second-order valence-corrected chi connectivity index (χ2v) is 31.9. The molecule has 0 saturated carbocycles. The maximum Gasteiger partial charge on any atom is 0.339 e. The lowest BCUT2D eigenvalue weighted by Gasteiger charge is -2.32. The van der Waals surface area contributed by atoms with Crippen LogP contribution in [0.3, 0.4) is 0 Å². The zero-order valence-electron chi connectivity index (χ0n) is 76.3. The monoisotopic (exact) mass is 1860 g/mol. The Balaban J connectivity index is 0.000000176. The van der Waals surface area contributed by atoms with E-state index in [0.29, 0.717) is 70.9 Å². The van der Waals surface area contributed by atoms with Crippen LogP contribution in [0.15, 0.2) is 219 Å². The molecule has 0 radical (unpaired) electrons. The number of carbonyl (C=O) groups is 10. The van der Waals surface area contributed by atoms with Crippen LogP contribution in [-0.4, -0.2) is 260 Å². The molecular weight excluding hydrogens is 1740 g/mol. The van der Waals surface area contributed by atoms with E-state index in [0.717, 1.165) is 144 Å². The summed E-state index contributed by atoms with van der Waals surface area (Å²) < 4.78 is 91.4. The third-order valence-corrected chi connectivity index (χ3v) is 22.6. The number of morpholine rings is 1. The van der Waals surface area contributed by atoms with Crippen LogP contribution >= 0.6 is 0 Å². The summed E-state index contributed by atoms with van der Waals surface area (Å²) in [6.07, 6.45) is 5.13. The Labute approximate surface area is 781 Å². The van der Waals surface area contributed by atoms with Crippen LogP contribution in [0.5, 0.6) is 17.2 Å². The van der Waals surface area contributed by atoms with Gasteiger partial charge in [0.25, 0.3) is 29.5 Å². The molecule has 135 heavy (non-hydrogen) atoms. The lowest BCUT2D eigenvalue weighted by atomic mass is 10.0. The number of hydrogen-bond donors (Lipinski definition) is 7. The quantitative estimate of drug-likeness (QED) is 0.0145. The van der Waals surface area contributed by atoms with E-state index in [-0.39, 0.29) is 98.7 Å². The summed E-state index contributed by atoms with van der Waals surface area (Å²) in [7, 11) is 8.24. The van der Waals surface area contributed by atoms with E-state index >= 15 is 0 Å². The summed E-state index contributed by atoms with van der Waals surface area (Å²) in [6, 6.07) is 53.7. The van der Waals surface area contributed by atoms with Crippen molar-refractivity contribution in [2.45, 2.75) is 51.4 Å². The van der Waals surface area contributed by atoms with E-state index in [1.54, 1.807) is 135 Å². The highest BCUT2D eigenvalue weighted by atomic mass is 19.1. The molecule has 0 atom stereocenters. The number of aromatic carboxylic acids is 1. The number of anilines is 5. The summed E-state index contributed by atoms with van der Waals surface area (Å²) in [4.78, 5) is 141. The van der Waals surface area contributed by atoms with Gasteiger partial charge in [0.1, 0.15) is 57.7 Å². The van der Waals surface area contributed by atoms with Gasteiger partial charge in [0, 0.05) is 153 Å². The number of benzene rings is 9. The normalized spacial score (nSPS) is 14.0. The Kier molecular flexibility index (Phi) is 41.3. The van der Waals surface area contributed by atoms with Gasteiger partial charge in [-0.15, -0.1) is 0 Å². The van der Waals surface area contributed by atoms with Crippen LogP contribution in [-0.2, 0) is 4.74 Å². The predicted octanol–water partition coefficient (Wildman–Crippen LogP) is 14.8. The summed E-state index contributed by atoms with van der Waals surface area (Å²) in [5, 5.41) is 25.8. The minimum atomic E-state index is -1.23. The first kappa shape index (κ1) is 103. The molecule has 0 bridgehead atoms. The standard InChI is InChI=1S/C23H28FN3O3.2C22H26FN3O3.C22H25FN2O3.C13H9FN2O3/c1-26-12-14-27(15-13-26)11-5-10-21(28)22-19(24)8-4-9-20(22)25-23(29)17-6-3-7-18(16-17)30-2;1-29-17-6-2-5-16(15-17)22(28)25-19-8-3-7-18(23)21(19)20(27)9-4-12-26-13-10-24-11-14-26;1-29-17-9-7-16(8-10-17)22(28)25-19-5-2-4-18(23)21(19)20(27)6-3-13-26-14-11-24-12-15-26;1-24(22(27)17-7-2-4-9-19(17)23)20-10-5-3-8-18(20)21(26)11-6-12-25-13-15-28-16-14-25;14-10-6-2-1-4-8(10)12(17)16-11-9(13(18)19)5-3-7-15-11/h3-4,6-9,16H,5,10-15H2,1-2H3,(H,25,29);2-3,5-8,15,24H,4,9-14H2,1H3,(H,25,28);2,4-5,7-10,24H,3,6,11-15H2,1H3,(H,25,28);2-5,7-10H,6,11-16H2,1H3;1-7H,(H,18,19)(H,15,16,17). The SMILES string of the molecule is CN(C(=O)c1ccccc1F)c1ccccc1C(=O)CCCN1CCOCC1.COc1ccc(C(=O)Nc2cccc(F)c2C(=O)CCCN2CCNCC2)cc1.COc1cccc(C(=O)Nc2cccc(F)c2C(=O)CCCN2CCN(C)CC2)c1.COc1cccc(C(=O)Nc2cccc(F)c2C(=O)CCCN2CCNCC2)c1.O=C(Nc1ncccc1C(=O)O)c1ccccc1F. The van der Waals surface area contributed by atoms with Gasteiger partial charge in [0.2, 0.25) is 0 Å². The Morgan fingerprint density at radius 1 is 0.385 bits per heavy atom. The van der Waals surface area contributed by atoms with Crippen molar-refractivity contribution in [2.24, 2.45) is 0 Å². The van der Waals surface area contributed by atoms with Crippen molar-refractivity contribution in [1.82, 2.24) is 40.1 Å². The van der Waals surface area contributed by atoms with Crippen molar-refractivity contribution in [3.63, 3.8) is 0 Å². The molecule has 4 aliphatic rings. The number of likely N-dealkylation sites (N-methyl/N-ethyl adjacent to an activating group) is 1. The highest BCUT2D eigenvalue weighted by Gasteiger charge is 2.28. The van der Waals surface area contributed by atoms with E-state index in [1.807, 2.05) is 0 Å². The number of ether oxygens (including phenoxy) is 4. The van der Waals surface area contributed by atoms with Crippen molar-refractivity contribution in [3.05, 3.63) is 303 Å². The number of aromatic nitrogens is 1. The number of nitrogens with one attached hydrogen (secondary N) is 6. The molecule has 5 heterocycles. The minimum Gasteiger partial charge on any atom is -0.497 e. The third-order valence-electron chi connectivity index (χ3n) is 22.6. The molecule has 9 aromatic carbocycles. The summed E-state index contributed by atoms with van der Waals surface area (Å²) in [6.45, 7) is 18.1. The molecule has 14 rings (SSSR count). The fourth-order valence-corrected chi connectivity index (χ4v) is 15.1. The number of rotatable bonds is 34. The first-order chi connectivity index (χ1) is 65.3. The molecule has 33 heteroatoms. The molecule has 4 fully saturated rings. The molecule has 0 unspecified atom stereocenters. The Morgan fingerprint density at radius 3 is 1.20 bits per heavy atom. The van der Waals surface area contributed by atoms with Crippen LogP contribution in [0.2, 0.25) is 0 Å². The first-order valence-electron chi connectivity index (χ1n) is 44.6. The Bertz CT molecular complexity index is 5670. The minimum absolute atomic E-state index is 0.0143. The molecule has 7 N–H and O–H groups in total. The van der Waals surface area contributed by atoms with Crippen molar-refractivity contribution in [1.29, 1.82) is 0 Å². The van der Waals surface area contributed by atoms with Crippen LogP contribution in [0.1, 0.15) is 155 Å². The average Bonchev–Trinajstić information content (AvgIpc) is 0.838. The van der Waals surface area contributed by atoms with Gasteiger partial charge in [-0.25, -0.2) is 31.7 Å². The van der Waals surface area contributed by atoms with E-state index in [2.05, 4.69) is 68.4 Å². The average molecular weight is 1860 g/mol. The maximum absolute atomic E-state index is 14.5. The predicted molar refractivity (Wildman–Crippen MR) is 507 cm³/mol. The zero-order chi connectivity index (χ0) is 96.5. The number of halogens is 5. The maximum atomic E-state index is 14.5. The lowest BCUT2D eigenvalue weighted by Crippen LogP contribution is -2.44. The number of ketones is 4. The zero-order valence-corrected chi connectivity index (χ0v) is 76.3. The number of carboxylic acids is 1. The summed E-state index contributed by atoms with van der Waals surface area (Å²) in [5.74, 6) is -6.18. The lowest BCUT2D eigenvalue weighted by molar-refractivity contribution is 0.0371. The van der Waals surface area contributed by atoms with Crippen molar-refractivity contribution in [3.8, 4) is 17.2 Å². The Hall–Kier alpha value is -13.6. The van der Waals surface area contributed by atoms with Crippen LogP contribution < -0.4 is 51.0 Å². The number of para-hydroxylation sites is 1. The number of piperazine rings is 3. The number of Topliss-reactive ketones (excluding diaryl/α,β-unsaturated/α-hetero) is 4. The number of nitrogens with zero attached hydrogens (tertiary/aromatic N) is 7. The molecule has 1 aromatic heterocycles.